The monoisotopic (exact) mass is 198 g/mol. The van der Waals surface area contributed by atoms with Crippen molar-refractivity contribution in [3.8, 4) is 0 Å². The van der Waals surface area contributed by atoms with Gasteiger partial charge in [0.05, 0.1) is 11.6 Å². The van der Waals surface area contributed by atoms with Gasteiger partial charge < -0.3 is 10.5 Å². The lowest BCUT2D eigenvalue weighted by molar-refractivity contribution is 0.0382. The molecule has 72 valence electrons. The van der Waals surface area contributed by atoms with Crippen molar-refractivity contribution in [3.05, 3.63) is 16.6 Å². The summed E-state index contributed by atoms with van der Waals surface area (Å²) in [6, 6.07) is 0. The Bertz CT molecular complexity index is 255. The van der Waals surface area contributed by atoms with Crippen LogP contribution in [0.25, 0.3) is 0 Å². The number of rotatable bonds is 2. The van der Waals surface area contributed by atoms with Gasteiger partial charge in [-0.25, -0.2) is 4.98 Å². The van der Waals surface area contributed by atoms with Gasteiger partial charge in [0, 0.05) is 30.1 Å². The largest absolute Gasteiger partial charge is 0.380 e. The van der Waals surface area contributed by atoms with E-state index in [1.807, 2.05) is 11.6 Å². The first-order chi connectivity index (χ1) is 6.29. The summed E-state index contributed by atoms with van der Waals surface area (Å²) in [5, 5.41) is 3.11. The Morgan fingerprint density at radius 2 is 2.62 bits per heavy atom. The maximum atomic E-state index is 6.19. The molecule has 0 amide bonds. The van der Waals surface area contributed by atoms with Crippen LogP contribution in [0.4, 0.5) is 0 Å². The van der Waals surface area contributed by atoms with Crippen molar-refractivity contribution in [2.24, 2.45) is 5.73 Å². The van der Waals surface area contributed by atoms with Crippen molar-refractivity contribution >= 4 is 11.3 Å². The number of aromatic nitrogens is 1. The number of nitrogens with zero attached hydrogens (tertiary/aromatic N) is 1. The van der Waals surface area contributed by atoms with Gasteiger partial charge in [-0.1, -0.05) is 0 Å². The second-order valence-corrected chi connectivity index (χ2v) is 4.60. The second kappa shape index (κ2) is 3.74. The third-order valence-corrected chi connectivity index (χ3v) is 3.12. The van der Waals surface area contributed by atoms with Gasteiger partial charge in [-0.15, -0.1) is 11.3 Å². The van der Waals surface area contributed by atoms with Crippen LogP contribution in [-0.4, -0.2) is 23.7 Å². The lowest BCUT2D eigenvalue weighted by Gasteiger charge is -2.32. The summed E-state index contributed by atoms with van der Waals surface area (Å²) in [4.78, 5) is 4.24. The van der Waals surface area contributed by atoms with Gasteiger partial charge in [0.25, 0.3) is 0 Å². The van der Waals surface area contributed by atoms with Gasteiger partial charge >= 0.3 is 0 Å². The average molecular weight is 198 g/mol. The normalized spacial score (nSPS) is 29.0. The molecule has 0 radical (unpaired) electrons. The fourth-order valence-electron chi connectivity index (χ4n) is 1.65. The fraction of sp³-hybridized carbons (Fsp3) is 0.667. The van der Waals surface area contributed by atoms with Crippen LogP contribution in [0.3, 0.4) is 0 Å². The fourth-order valence-corrected chi connectivity index (χ4v) is 2.43. The number of ether oxygens (including phenoxy) is 1. The van der Waals surface area contributed by atoms with E-state index in [2.05, 4.69) is 4.98 Å². The minimum absolute atomic E-state index is 0.171. The highest BCUT2D eigenvalue weighted by atomic mass is 32.1. The third-order valence-electron chi connectivity index (χ3n) is 2.34. The zero-order chi connectivity index (χ0) is 9.15. The molecule has 0 aromatic carbocycles. The van der Waals surface area contributed by atoms with E-state index in [1.54, 1.807) is 11.3 Å². The van der Waals surface area contributed by atoms with Crippen LogP contribution in [0.2, 0.25) is 0 Å². The first-order valence-corrected chi connectivity index (χ1v) is 5.41. The zero-order valence-electron chi connectivity index (χ0n) is 7.53. The molecule has 1 saturated heterocycles. The summed E-state index contributed by atoms with van der Waals surface area (Å²) in [6.45, 7) is 1.53. The summed E-state index contributed by atoms with van der Waals surface area (Å²) >= 11 is 1.67. The highest BCUT2D eigenvalue weighted by Crippen LogP contribution is 2.21. The Kier molecular flexibility index (Phi) is 2.62. The minimum Gasteiger partial charge on any atom is -0.380 e. The molecule has 1 aromatic rings. The van der Waals surface area contributed by atoms with Crippen molar-refractivity contribution < 1.29 is 4.74 Å². The maximum Gasteiger partial charge on any atom is 0.0944 e. The lowest BCUT2D eigenvalue weighted by Crippen LogP contribution is -2.49. The molecule has 4 heteroatoms. The van der Waals surface area contributed by atoms with Crippen LogP contribution in [0.15, 0.2) is 11.6 Å². The smallest absolute Gasteiger partial charge is 0.0944 e. The number of hydrogen-bond donors (Lipinski definition) is 1. The van der Waals surface area contributed by atoms with Gasteiger partial charge in [0.15, 0.2) is 0 Å². The molecular weight excluding hydrogens is 184 g/mol. The highest BCUT2D eigenvalue weighted by Gasteiger charge is 2.29. The molecule has 0 saturated carbocycles. The van der Waals surface area contributed by atoms with Crippen LogP contribution < -0.4 is 5.73 Å². The Hall–Kier alpha value is -0.450. The summed E-state index contributed by atoms with van der Waals surface area (Å²) in [5.74, 6) is 0. The molecule has 0 aliphatic carbocycles. The molecule has 0 bridgehead atoms. The van der Waals surface area contributed by atoms with Crippen molar-refractivity contribution in [1.82, 2.24) is 4.98 Å². The third kappa shape index (κ3) is 2.27. The van der Waals surface area contributed by atoms with Gasteiger partial charge in [-0.2, -0.15) is 0 Å². The van der Waals surface area contributed by atoms with E-state index >= 15 is 0 Å². The Morgan fingerprint density at radius 3 is 3.23 bits per heavy atom. The van der Waals surface area contributed by atoms with Crippen molar-refractivity contribution in [1.29, 1.82) is 0 Å². The van der Waals surface area contributed by atoms with Crippen LogP contribution in [0.1, 0.15) is 17.8 Å². The van der Waals surface area contributed by atoms with Crippen LogP contribution >= 0.6 is 11.3 Å². The van der Waals surface area contributed by atoms with E-state index in [-0.39, 0.29) is 5.54 Å². The average Bonchev–Trinajstić information content (AvgIpc) is 2.57. The van der Waals surface area contributed by atoms with E-state index < -0.39 is 0 Å². The number of thiazole rings is 1. The van der Waals surface area contributed by atoms with E-state index in [4.69, 9.17) is 10.5 Å². The maximum absolute atomic E-state index is 6.19. The predicted molar refractivity (Wildman–Crippen MR) is 52.8 cm³/mol. The Morgan fingerprint density at radius 1 is 1.69 bits per heavy atom. The van der Waals surface area contributed by atoms with E-state index in [9.17, 15) is 0 Å². The number of nitrogens with two attached hydrogens (primary N) is 1. The molecule has 13 heavy (non-hydrogen) atoms. The SMILES string of the molecule is NC1(Cc2nccs2)CCCOC1. The summed E-state index contributed by atoms with van der Waals surface area (Å²) in [5.41, 5.74) is 6.02. The lowest BCUT2D eigenvalue weighted by atomic mass is 9.90. The molecule has 1 unspecified atom stereocenters. The van der Waals surface area contributed by atoms with Gasteiger partial charge in [-0.3, -0.25) is 0 Å². The Labute approximate surface area is 81.9 Å². The Balaban J connectivity index is 1.99. The topological polar surface area (TPSA) is 48.1 Å². The molecule has 2 rings (SSSR count). The minimum atomic E-state index is -0.171. The molecule has 1 aliphatic rings. The summed E-state index contributed by atoms with van der Waals surface area (Å²) < 4.78 is 5.39. The molecule has 1 fully saturated rings. The molecule has 2 heterocycles. The standard InChI is InChI=1S/C9H14N2OS/c10-9(2-1-4-12-7-9)6-8-11-3-5-13-8/h3,5H,1-2,4,6-7,10H2. The first-order valence-electron chi connectivity index (χ1n) is 4.54. The van der Waals surface area contributed by atoms with Crippen LogP contribution in [0, 0.1) is 0 Å². The van der Waals surface area contributed by atoms with Crippen molar-refractivity contribution in [2.45, 2.75) is 24.8 Å². The van der Waals surface area contributed by atoms with Gasteiger partial charge in [0.1, 0.15) is 0 Å². The second-order valence-electron chi connectivity index (χ2n) is 3.62. The van der Waals surface area contributed by atoms with E-state index in [1.165, 1.54) is 0 Å². The molecule has 1 aliphatic heterocycles. The summed E-state index contributed by atoms with van der Waals surface area (Å²) in [7, 11) is 0. The van der Waals surface area contributed by atoms with Gasteiger partial charge in [0.2, 0.25) is 0 Å². The molecule has 1 aromatic heterocycles. The molecular formula is C9H14N2OS. The molecule has 1 atom stereocenters. The summed E-state index contributed by atoms with van der Waals surface area (Å²) in [6.07, 6.45) is 4.80. The van der Waals surface area contributed by atoms with E-state index in [0.29, 0.717) is 6.61 Å². The van der Waals surface area contributed by atoms with Crippen molar-refractivity contribution in [3.63, 3.8) is 0 Å². The zero-order valence-corrected chi connectivity index (χ0v) is 8.35. The van der Waals surface area contributed by atoms with Crippen molar-refractivity contribution in [2.75, 3.05) is 13.2 Å². The number of hydrogen-bond acceptors (Lipinski definition) is 4. The quantitative estimate of drug-likeness (QED) is 0.776. The molecule has 3 nitrogen and oxygen atoms in total. The van der Waals surface area contributed by atoms with Crippen LogP contribution in [0.5, 0.6) is 0 Å². The molecule has 2 N–H and O–H groups in total. The molecule has 0 spiro atoms. The van der Waals surface area contributed by atoms with Gasteiger partial charge in [-0.05, 0) is 12.8 Å². The first kappa shape index (κ1) is 9.12. The van der Waals surface area contributed by atoms with Crippen LogP contribution in [-0.2, 0) is 11.2 Å². The van der Waals surface area contributed by atoms with E-state index in [0.717, 1.165) is 30.9 Å². The highest BCUT2D eigenvalue weighted by molar-refractivity contribution is 7.09. The predicted octanol–water partition coefficient (Wildman–Crippen LogP) is 1.19.